The molecule has 2 aromatic heterocycles. The van der Waals surface area contributed by atoms with Crippen molar-refractivity contribution in [1.29, 1.82) is 0 Å². The zero-order chi connectivity index (χ0) is 13.0. The Morgan fingerprint density at radius 1 is 1.50 bits per heavy atom. The lowest BCUT2D eigenvalue weighted by Gasteiger charge is -2.06. The number of nitrogens with two attached hydrogens (primary N) is 1. The summed E-state index contributed by atoms with van der Waals surface area (Å²) in [6.45, 7) is 2.22. The summed E-state index contributed by atoms with van der Waals surface area (Å²) in [7, 11) is 0. The van der Waals surface area contributed by atoms with E-state index in [0.29, 0.717) is 17.9 Å². The first-order valence-electron chi connectivity index (χ1n) is 5.40. The van der Waals surface area contributed by atoms with Crippen LogP contribution in [-0.2, 0) is 6.54 Å². The molecule has 7 heteroatoms. The van der Waals surface area contributed by atoms with Crippen LogP contribution in [0.25, 0.3) is 0 Å². The van der Waals surface area contributed by atoms with E-state index in [4.69, 9.17) is 5.84 Å². The zero-order valence-electron chi connectivity index (χ0n) is 9.90. The lowest BCUT2D eigenvalue weighted by atomic mass is 10.2. The third-order valence-corrected chi connectivity index (χ3v) is 2.37. The monoisotopic (exact) mass is 246 g/mol. The molecule has 7 nitrogen and oxygen atoms in total. The number of nitrogen functional groups attached to an aromatic ring is 1. The van der Waals surface area contributed by atoms with Crippen LogP contribution < -0.4 is 16.6 Å². The second-order valence-corrected chi connectivity index (χ2v) is 3.82. The van der Waals surface area contributed by atoms with Crippen LogP contribution in [0.5, 0.6) is 0 Å². The highest BCUT2D eigenvalue weighted by molar-refractivity contribution is 5.94. The summed E-state index contributed by atoms with van der Waals surface area (Å²) >= 11 is 0. The van der Waals surface area contributed by atoms with E-state index in [1.54, 1.807) is 31.5 Å². The van der Waals surface area contributed by atoms with Gasteiger partial charge in [-0.3, -0.25) is 9.89 Å². The fraction of sp³-hybridized carbons (Fsp3) is 0.182. The van der Waals surface area contributed by atoms with Crippen molar-refractivity contribution >= 4 is 11.7 Å². The van der Waals surface area contributed by atoms with Gasteiger partial charge in [-0.1, -0.05) is 0 Å². The lowest BCUT2D eigenvalue weighted by molar-refractivity contribution is 0.0951. The van der Waals surface area contributed by atoms with Gasteiger partial charge in [0, 0.05) is 29.6 Å². The number of hydrogen-bond donors (Lipinski definition) is 4. The normalized spacial score (nSPS) is 10.1. The molecule has 0 bridgehead atoms. The van der Waals surface area contributed by atoms with Gasteiger partial charge in [0.2, 0.25) is 0 Å². The van der Waals surface area contributed by atoms with Crippen molar-refractivity contribution in [2.45, 2.75) is 13.5 Å². The number of carbonyl (C=O) groups excluding carboxylic acids is 1. The Balaban J connectivity index is 2.06. The Labute approximate surface area is 104 Å². The van der Waals surface area contributed by atoms with E-state index < -0.39 is 0 Å². The molecular weight excluding hydrogens is 232 g/mol. The molecule has 0 spiro atoms. The zero-order valence-corrected chi connectivity index (χ0v) is 9.90. The van der Waals surface area contributed by atoms with Gasteiger partial charge in [-0.05, 0) is 19.1 Å². The number of hydrazine groups is 1. The number of hydrogen-bond acceptors (Lipinski definition) is 5. The fourth-order valence-electron chi connectivity index (χ4n) is 1.53. The van der Waals surface area contributed by atoms with E-state index >= 15 is 0 Å². The van der Waals surface area contributed by atoms with Gasteiger partial charge in [0.25, 0.3) is 5.91 Å². The van der Waals surface area contributed by atoms with Crippen molar-refractivity contribution in [2.24, 2.45) is 5.84 Å². The minimum absolute atomic E-state index is 0.182. The Kier molecular flexibility index (Phi) is 3.54. The lowest BCUT2D eigenvalue weighted by Crippen LogP contribution is -2.23. The number of anilines is 1. The largest absolute Gasteiger partial charge is 0.348 e. The van der Waals surface area contributed by atoms with Gasteiger partial charge in [0.15, 0.2) is 0 Å². The summed E-state index contributed by atoms with van der Waals surface area (Å²) in [4.78, 5) is 16.0. The number of aromatic nitrogens is 3. The van der Waals surface area contributed by atoms with Gasteiger partial charge in [-0.25, -0.2) is 10.8 Å². The number of amides is 1. The Morgan fingerprint density at radius 2 is 2.33 bits per heavy atom. The molecule has 0 aliphatic heterocycles. The molecule has 1 amide bonds. The van der Waals surface area contributed by atoms with E-state index in [-0.39, 0.29) is 5.91 Å². The first-order chi connectivity index (χ1) is 8.69. The molecule has 0 aliphatic carbocycles. The second-order valence-electron chi connectivity index (χ2n) is 3.82. The van der Waals surface area contributed by atoms with Crippen molar-refractivity contribution in [3.63, 3.8) is 0 Å². The minimum atomic E-state index is -0.182. The number of rotatable bonds is 4. The Hall–Kier alpha value is -2.41. The highest BCUT2D eigenvalue weighted by atomic mass is 16.1. The van der Waals surface area contributed by atoms with E-state index in [9.17, 15) is 4.79 Å². The molecule has 18 heavy (non-hydrogen) atoms. The number of nitrogens with one attached hydrogen (secondary N) is 3. The summed E-state index contributed by atoms with van der Waals surface area (Å²) in [5.41, 5.74) is 4.57. The van der Waals surface area contributed by atoms with Crippen molar-refractivity contribution in [2.75, 3.05) is 5.43 Å². The third-order valence-electron chi connectivity index (χ3n) is 2.37. The summed E-state index contributed by atoms with van der Waals surface area (Å²) in [5, 5.41) is 9.27. The number of aryl methyl sites for hydroxylation is 1. The van der Waals surface area contributed by atoms with Crippen molar-refractivity contribution < 1.29 is 4.79 Å². The molecule has 2 heterocycles. The summed E-state index contributed by atoms with van der Waals surface area (Å²) in [6.07, 6.45) is 3.38. The number of H-pyrrole nitrogens is 1. The van der Waals surface area contributed by atoms with Gasteiger partial charge in [0.05, 0.1) is 6.20 Å². The molecule has 0 atom stereocenters. The maximum absolute atomic E-state index is 11.9. The summed E-state index contributed by atoms with van der Waals surface area (Å²) < 4.78 is 0. The molecule has 2 rings (SSSR count). The molecule has 0 saturated carbocycles. The van der Waals surface area contributed by atoms with Gasteiger partial charge in [0.1, 0.15) is 5.82 Å². The maximum Gasteiger partial charge on any atom is 0.251 e. The topological polar surface area (TPSA) is 109 Å². The number of carbonyl (C=O) groups is 1. The molecule has 5 N–H and O–H groups in total. The molecule has 0 saturated heterocycles. The van der Waals surface area contributed by atoms with E-state index in [1.807, 2.05) is 0 Å². The SMILES string of the molecule is Cc1cc(C(=O)NCc2cn[nH]c2)cc(NN)n1. The Bertz CT molecular complexity index is 536. The van der Waals surface area contributed by atoms with Crippen LogP contribution in [0.4, 0.5) is 5.82 Å². The average Bonchev–Trinajstić information content (AvgIpc) is 2.88. The third kappa shape index (κ3) is 2.83. The Morgan fingerprint density at radius 3 is 3.00 bits per heavy atom. The van der Waals surface area contributed by atoms with Crippen LogP contribution in [-0.4, -0.2) is 21.1 Å². The molecule has 0 radical (unpaired) electrons. The maximum atomic E-state index is 11.9. The fourth-order valence-corrected chi connectivity index (χ4v) is 1.53. The van der Waals surface area contributed by atoms with Crippen molar-refractivity contribution in [3.05, 3.63) is 41.3 Å². The standard InChI is InChI=1S/C11H14N6O/c1-7-2-9(3-10(16-7)17-12)11(18)13-4-8-5-14-15-6-8/h2-3,5-6H,4,12H2,1H3,(H,13,18)(H,14,15)(H,16,17). The van der Waals surface area contributed by atoms with Gasteiger partial charge >= 0.3 is 0 Å². The van der Waals surface area contributed by atoms with Crippen molar-refractivity contribution in [3.8, 4) is 0 Å². The molecule has 2 aromatic rings. The van der Waals surface area contributed by atoms with Gasteiger partial charge in [-0.2, -0.15) is 5.10 Å². The van der Waals surface area contributed by atoms with Crippen LogP contribution in [0.3, 0.4) is 0 Å². The quantitative estimate of drug-likeness (QED) is 0.459. The highest BCUT2D eigenvalue weighted by Gasteiger charge is 2.08. The summed E-state index contributed by atoms with van der Waals surface area (Å²) in [6, 6.07) is 3.29. The first kappa shape index (κ1) is 12.1. The van der Waals surface area contributed by atoms with E-state index in [0.717, 1.165) is 11.3 Å². The number of nitrogens with zero attached hydrogens (tertiary/aromatic N) is 2. The van der Waals surface area contributed by atoms with Crippen LogP contribution in [0.2, 0.25) is 0 Å². The van der Waals surface area contributed by atoms with Crippen molar-refractivity contribution in [1.82, 2.24) is 20.5 Å². The number of pyridine rings is 1. The molecule has 0 aliphatic rings. The molecular formula is C11H14N6O. The molecule has 0 aromatic carbocycles. The summed E-state index contributed by atoms with van der Waals surface area (Å²) in [5.74, 6) is 5.56. The van der Waals surface area contributed by atoms with Crippen LogP contribution >= 0.6 is 0 Å². The molecule has 94 valence electrons. The second kappa shape index (κ2) is 5.28. The van der Waals surface area contributed by atoms with Gasteiger partial charge < -0.3 is 10.7 Å². The molecule has 0 fully saturated rings. The highest BCUT2D eigenvalue weighted by Crippen LogP contribution is 2.09. The van der Waals surface area contributed by atoms with Gasteiger partial charge in [-0.15, -0.1) is 0 Å². The van der Waals surface area contributed by atoms with Crippen LogP contribution in [0, 0.1) is 6.92 Å². The first-order valence-corrected chi connectivity index (χ1v) is 5.40. The van der Waals surface area contributed by atoms with Crippen LogP contribution in [0.1, 0.15) is 21.6 Å². The predicted molar refractivity (Wildman–Crippen MR) is 66.5 cm³/mol. The molecule has 0 unspecified atom stereocenters. The average molecular weight is 246 g/mol. The minimum Gasteiger partial charge on any atom is -0.348 e. The number of aromatic amines is 1. The smallest absolute Gasteiger partial charge is 0.251 e. The van der Waals surface area contributed by atoms with E-state index in [2.05, 4.69) is 25.9 Å². The predicted octanol–water partition coefficient (Wildman–Crippen LogP) is 0.329. The van der Waals surface area contributed by atoms with E-state index in [1.165, 1.54) is 0 Å². The van der Waals surface area contributed by atoms with Crippen LogP contribution in [0.15, 0.2) is 24.5 Å².